The number of carbonyl (C=O) groups excluding carboxylic acids is 2. The number of anilines is 1. The normalized spacial score (nSPS) is 19.2. The van der Waals surface area contributed by atoms with E-state index in [1.54, 1.807) is 7.05 Å². The molecule has 2 aliphatic rings. The third-order valence-electron chi connectivity index (χ3n) is 7.37. The van der Waals surface area contributed by atoms with E-state index >= 15 is 0 Å². The summed E-state index contributed by atoms with van der Waals surface area (Å²) in [5, 5.41) is 6.56. The zero-order valence-electron chi connectivity index (χ0n) is 22.1. The number of aliphatic imine (C=N–C) groups is 1. The molecule has 1 aromatic heterocycles. The smallest absolute Gasteiger partial charge is 0.272 e. The highest BCUT2D eigenvalue weighted by Crippen LogP contribution is 2.33. The molecule has 5 rings (SSSR count). The lowest BCUT2D eigenvalue weighted by Crippen LogP contribution is -2.62. The zero-order valence-corrected chi connectivity index (χ0v) is 22.9. The van der Waals surface area contributed by atoms with Crippen molar-refractivity contribution >= 4 is 33.2 Å². The van der Waals surface area contributed by atoms with Crippen LogP contribution in [0.25, 0.3) is 0 Å². The van der Waals surface area contributed by atoms with Crippen molar-refractivity contribution < 1.29 is 22.5 Å². The number of benzene rings is 2. The largest absolute Gasteiger partial charge is 0.360 e. The molecule has 1 atom stereocenters. The van der Waals surface area contributed by atoms with Crippen LogP contribution in [0.1, 0.15) is 54.7 Å². The van der Waals surface area contributed by atoms with Crippen LogP contribution in [0.4, 0.5) is 5.69 Å². The molecule has 204 valence electrons. The Morgan fingerprint density at radius 2 is 1.69 bits per heavy atom. The monoisotopic (exact) mass is 549 g/mol. The van der Waals surface area contributed by atoms with Gasteiger partial charge in [-0.2, -0.15) is 4.72 Å². The van der Waals surface area contributed by atoms with E-state index in [-0.39, 0.29) is 29.2 Å². The van der Waals surface area contributed by atoms with Gasteiger partial charge in [0.25, 0.3) is 5.91 Å². The van der Waals surface area contributed by atoms with Crippen LogP contribution < -0.4 is 14.9 Å². The molecule has 2 N–H and O–H groups in total. The van der Waals surface area contributed by atoms with E-state index in [0.717, 1.165) is 17.5 Å². The van der Waals surface area contributed by atoms with Crippen molar-refractivity contribution in [1.82, 2.24) is 15.2 Å². The van der Waals surface area contributed by atoms with Gasteiger partial charge in [0.05, 0.1) is 11.4 Å². The standard InChI is InChI=1S/C28H31N5O5S/c1-18-24(19(2)38-31-18)39(36,37)32-28(16-10-5-11-17-28)27(35)30-25-26(34)33(3)22-15-9-8-14-21(22)23(29-25)20-12-6-4-7-13-20/h4,6-9,12-15,25,32H,5,10-11,16-17H2,1-3H3,(H,30,35). The van der Waals surface area contributed by atoms with Gasteiger partial charge in [0.2, 0.25) is 22.1 Å². The lowest BCUT2D eigenvalue weighted by molar-refractivity contribution is -0.132. The second-order valence-corrected chi connectivity index (χ2v) is 11.7. The average Bonchev–Trinajstić information content (AvgIpc) is 3.24. The Hall–Kier alpha value is -3.83. The molecule has 1 unspecified atom stereocenters. The molecule has 0 radical (unpaired) electrons. The SMILES string of the molecule is Cc1noc(C)c1S(=O)(=O)NC1(C(=O)NC2N=C(c3ccccc3)c3ccccc3N(C)C2=O)CCCCC1. The quantitative estimate of drug-likeness (QED) is 0.485. The molecule has 10 nitrogen and oxygen atoms in total. The summed E-state index contributed by atoms with van der Waals surface area (Å²) in [6, 6.07) is 16.9. The number of aryl methyl sites for hydroxylation is 2. The van der Waals surface area contributed by atoms with Crippen LogP contribution in [0, 0.1) is 13.8 Å². The summed E-state index contributed by atoms with van der Waals surface area (Å²) in [4.78, 5) is 33.7. The Morgan fingerprint density at radius 3 is 2.36 bits per heavy atom. The number of fused-ring (bicyclic) bond motifs is 1. The van der Waals surface area contributed by atoms with Crippen molar-refractivity contribution in [1.29, 1.82) is 0 Å². The summed E-state index contributed by atoms with van der Waals surface area (Å²) in [5.41, 5.74) is 1.52. The van der Waals surface area contributed by atoms with Crippen molar-refractivity contribution in [2.24, 2.45) is 4.99 Å². The Morgan fingerprint density at radius 1 is 1.03 bits per heavy atom. The minimum atomic E-state index is -4.15. The highest BCUT2D eigenvalue weighted by molar-refractivity contribution is 7.89. The highest BCUT2D eigenvalue weighted by Gasteiger charge is 2.46. The summed E-state index contributed by atoms with van der Waals surface area (Å²) >= 11 is 0. The maximum atomic E-state index is 14.0. The number of likely N-dealkylation sites (N-methyl/N-ethyl adjacent to an activating group) is 1. The molecular weight excluding hydrogens is 518 g/mol. The lowest BCUT2D eigenvalue weighted by atomic mass is 9.82. The second kappa shape index (κ2) is 10.4. The average molecular weight is 550 g/mol. The fourth-order valence-electron chi connectivity index (χ4n) is 5.40. The minimum Gasteiger partial charge on any atom is -0.360 e. The van der Waals surface area contributed by atoms with E-state index in [9.17, 15) is 18.0 Å². The van der Waals surface area contributed by atoms with Crippen molar-refractivity contribution in [2.45, 2.75) is 62.6 Å². The molecule has 1 aliphatic heterocycles. The van der Waals surface area contributed by atoms with Gasteiger partial charge < -0.3 is 14.7 Å². The topological polar surface area (TPSA) is 134 Å². The first-order chi connectivity index (χ1) is 18.6. The maximum Gasteiger partial charge on any atom is 0.272 e. The molecule has 0 bridgehead atoms. The molecule has 3 aromatic rings. The lowest BCUT2D eigenvalue weighted by Gasteiger charge is -2.37. The number of carbonyl (C=O) groups is 2. The molecule has 2 aromatic carbocycles. The van der Waals surface area contributed by atoms with Crippen molar-refractivity contribution in [2.75, 3.05) is 11.9 Å². The van der Waals surface area contributed by atoms with Crippen molar-refractivity contribution in [3.05, 3.63) is 77.2 Å². The number of nitrogens with zero attached hydrogens (tertiary/aromatic N) is 3. The number of rotatable bonds is 6. The van der Waals surface area contributed by atoms with Gasteiger partial charge in [-0.05, 0) is 32.8 Å². The van der Waals surface area contributed by atoms with Gasteiger partial charge in [-0.25, -0.2) is 13.4 Å². The van der Waals surface area contributed by atoms with Crippen molar-refractivity contribution in [3.63, 3.8) is 0 Å². The first-order valence-corrected chi connectivity index (χ1v) is 14.4. The molecular formula is C28H31N5O5S. The van der Waals surface area contributed by atoms with Crippen LogP contribution in [-0.2, 0) is 19.6 Å². The maximum absolute atomic E-state index is 14.0. The molecule has 1 aliphatic carbocycles. The Labute approximate surface area is 227 Å². The number of nitrogens with one attached hydrogen (secondary N) is 2. The summed E-state index contributed by atoms with van der Waals surface area (Å²) in [6.45, 7) is 3.05. The van der Waals surface area contributed by atoms with Gasteiger partial charge in [-0.15, -0.1) is 0 Å². The van der Waals surface area contributed by atoms with Gasteiger partial charge in [-0.1, -0.05) is 73.0 Å². The fraction of sp³-hybridized carbons (Fsp3) is 0.357. The molecule has 0 saturated heterocycles. The van der Waals surface area contributed by atoms with Crippen LogP contribution in [0.2, 0.25) is 0 Å². The van der Waals surface area contributed by atoms with E-state index in [4.69, 9.17) is 9.52 Å². The van der Waals surface area contributed by atoms with Gasteiger partial charge >= 0.3 is 0 Å². The van der Waals surface area contributed by atoms with E-state index in [1.807, 2.05) is 54.6 Å². The van der Waals surface area contributed by atoms with Gasteiger partial charge in [0, 0.05) is 18.2 Å². The van der Waals surface area contributed by atoms with Gasteiger partial charge in [-0.3, -0.25) is 9.59 Å². The van der Waals surface area contributed by atoms with Crippen LogP contribution in [0.5, 0.6) is 0 Å². The minimum absolute atomic E-state index is 0.0784. The van der Waals surface area contributed by atoms with Crippen LogP contribution in [0.15, 0.2) is 69.0 Å². The Bertz CT molecular complexity index is 1520. The van der Waals surface area contributed by atoms with Crippen molar-refractivity contribution in [3.8, 4) is 0 Å². The molecule has 1 fully saturated rings. The Balaban J connectivity index is 1.53. The highest BCUT2D eigenvalue weighted by atomic mass is 32.2. The summed E-state index contributed by atoms with van der Waals surface area (Å²) in [6.07, 6.45) is 1.49. The van der Waals surface area contributed by atoms with E-state index in [1.165, 1.54) is 18.7 Å². The Kier molecular flexibility index (Phi) is 7.13. The second-order valence-electron chi connectivity index (χ2n) is 10.0. The molecule has 1 saturated carbocycles. The van der Waals surface area contributed by atoms with E-state index in [2.05, 4.69) is 15.2 Å². The summed E-state index contributed by atoms with van der Waals surface area (Å²) < 4.78 is 34.7. The zero-order chi connectivity index (χ0) is 27.8. The van der Waals surface area contributed by atoms with Crippen LogP contribution >= 0.6 is 0 Å². The number of aromatic nitrogens is 1. The fourth-order valence-corrected chi connectivity index (χ4v) is 7.16. The third kappa shape index (κ3) is 4.99. The molecule has 0 spiro atoms. The predicted molar refractivity (Wildman–Crippen MR) is 146 cm³/mol. The number of sulfonamides is 1. The van der Waals surface area contributed by atoms with Crippen LogP contribution in [-0.4, -0.2) is 49.9 Å². The summed E-state index contributed by atoms with van der Waals surface area (Å²) in [7, 11) is -2.51. The molecule has 39 heavy (non-hydrogen) atoms. The molecule has 11 heteroatoms. The third-order valence-corrected chi connectivity index (χ3v) is 9.15. The number of para-hydroxylation sites is 1. The first-order valence-electron chi connectivity index (χ1n) is 12.9. The first kappa shape index (κ1) is 26.8. The van der Waals surface area contributed by atoms with E-state index < -0.39 is 33.5 Å². The van der Waals surface area contributed by atoms with Gasteiger partial charge in [0.1, 0.15) is 16.1 Å². The van der Waals surface area contributed by atoms with E-state index in [0.29, 0.717) is 24.2 Å². The molecule has 2 heterocycles. The number of hydrogen-bond donors (Lipinski definition) is 2. The predicted octanol–water partition coefficient (Wildman–Crippen LogP) is 3.23. The number of benzodiazepines with no additional fused rings is 1. The van der Waals surface area contributed by atoms with Gasteiger partial charge in [0.15, 0.2) is 5.76 Å². The number of amides is 2. The number of hydrogen-bond acceptors (Lipinski definition) is 7. The van der Waals surface area contributed by atoms with Crippen LogP contribution in [0.3, 0.4) is 0 Å². The molecule has 2 amide bonds. The summed E-state index contributed by atoms with van der Waals surface area (Å²) in [5.74, 6) is -0.880.